The number of amides is 1. The van der Waals surface area contributed by atoms with Crippen LogP contribution in [0, 0.1) is 19.3 Å². The number of hydrogen-bond acceptors (Lipinski definition) is 3. The molecule has 0 aromatic heterocycles. The lowest BCUT2D eigenvalue weighted by Crippen LogP contribution is -2.40. The Bertz CT molecular complexity index is 531. The first kappa shape index (κ1) is 14.6. The second-order valence-electron chi connectivity index (χ2n) is 3.96. The fourth-order valence-corrected chi connectivity index (χ4v) is 1.52. The number of nitrogens with one attached hydrogen (secondary N) is 1. The average molecular weight is 261 g/mol. The van der Waals surface area contributed by atoms with Crippen molar-refractivity contribution in [1.82, 2.24) is 5.32 Å². The molecule has 1 rings (SSSR count). The van der Waals surface area contributed by atoms with Gasteiger partial charge in [-0.05, 0) is 24.6 Å². The molecule has 1 unspecified atom stereocenters. The van der Waals surface area contributed by atoms with Crippen LogP contribution in [0.3, 0.4) is 0 Å². The summed E-state index contributed by atoms with van der Waals surface area (Å²) in [5, 5.41) is 11.3. The molecule has 5 heteroatoms. The van der Waals surface area contributed by atoms with Crippen LogP contribution in [0.4, 0.5) is 0 Å². The highest BCUT2D eigenvalue weighted by molar-refractivity contribution is 5.97. The summed E-state index contributed by atoms with van der Waals surface area (Å²) in [5.74, 6) is 1.12. The van der Waals surface area contributed by atoms with E-state index in [2.05, 4.69) is 11.2 Å². The summed E-state index contributed by atoms with van der Waals surface area (Å²) in [6.07, 6.45) is 5.00. The topological polar surface area (TPSA) is 75.6 Å². The number of benzene rings is 1. The van der Waals surface area contributed by atoms with Crippen molar-refractivity contribution >= 4 is 11.9 Å². The highest BCUT2D eigenvalue weighted by Crippen LogP contribution is 2.18. The maximum absolute atomic E-state index is 11.9. The fourth-order valence-electron chi connectivity index (χ4n) is 1.52. The Morgan fingerprint density at radius 1 is 1.53 bits per heavy atom. The third-order valence-corrected chi connectivity index (χ3v) is 2.60. The van der Waals surface area contributed by atoms with E-state index in [1.807, 2.05) is 6.92 Å². The SMILES string of the molecule is C#CCC(NC(=O)c1ccc(C)c(OC)c1)C(=O)O. The lowest BCUT2D eigenvalue weighted by atomic mass is 10.1. The van der Waals surface area contributed by atoms with Crippen LogP contribution in [-0.4, -0.2) is 30.1 Å². The van der Waals surface area contributed by atoms with Gasteiger partial charge in [0.15, 0.2) is 0 Å². The third kappa shape index (κ3) is 3.75. The van der Waals surface area contributed by atoms with Gasteiger partial charge >= 0.3 is 5.97 Å². The van der Waals surface area contributed by atoms with Crippen molar-refractivity contribution in [3.63, 3.8) is 0 Å². The number of carbonyl (C=O) groups is 2. The van der Waals surface area contributed by atoms with Crippen LogP contribution in [-0.2, 0) is 4.79 Å². The van der Waals surface area contributed by atoms with E-state index in [4.69, 9.17) is 16.3 Å². The van der Waals surface area contributed by atoms with Crippen LogP contribution >= 0.6 is 0 Å². The van der Waals surface area contributed by atoms with Crippen molar-refractivity contribution in [3.05, 3.63) is 29.3 Å². The number of hydrogen-bond donors (Lipinski definition) is 2. The molecule has 1 aromatic carbocycles. The number of carboxylic acid groups (broad SMARTS) is 1. The molecule has 0 aliphatic rings. The van der Waals surface area contributed by atoms with Crippen LogP contribution in [0.1, 0.15) is 22.3 Å². The molecular formula is C14H15NO4. The van der Waals surface area contributed by atoms with Gasteiger partial charge in [-0.25, -0.2) is 4.79 Å². The zero-order chi connectivity index (χ0) is 14.4. The highest BCUT2D eigenvalue weighted by atomic mass is 16.5. The molecule has 1 aromatic rings. The van der Waals surface area contributed by atoms with Crippen LogP contribution in [0.5, 0.6) is 5.75 Å². The van der Waals surface area contributed by atoms with Crippen molar-refractivity contribution in [1.29, 1.82) is 0 Å². The minimum absolute atomic E-state index is 0.0654. The molecule has 1 amide bonds. The third-order valence-electron chi connectivity index (χ3n) is 2.60. The number of rotatable bonds is 5. The molecule has 0 radical (unpaired) electrons. The van der Waals surface area contributed by atoms with Gasteiger partial charge in [-0.2, -0.15) is 0 Å². The molecule has 2 N–H and O–H groups in total. The summed E-state index contributed by atoms with van der Waals surface area (Å²) in [7, 11) is 1.50. The number of aryl methyl sites for hydroxylation is 1. The monoisotopic (exact) mass is 261 g/mol. The molecule has 0 fully saturated rings. The summed E-state index contributed by atoms with van der Waals surface area (Å²) in [4.78, 5) is 22.8. The van der Waals surface area contributed by atoms with Crippen LogP contribution < -0.4 is 10.1 Å². The van der Waals surface area contributed by atoms with Crippen molar-refractivity contribution in [2.75, 3.05) is 7.11 Å². The van der Waals surface area contributed by atoms with Crippen molar-refractivity contribution in [2.45, 2.75) is 19.4 Å². The Labute approximate surface area is 111 Å². The van der Waals surface area contributed by atoms with Crippen LogP contribution in [0.15, 0.2) is 18.2 Å². The largest absolute Gasteiger partial charge is 0.496 e. The van der Waals surface area contributed by atoms with Crippen LogP contribution in [0.25, 0.3) is 0 Å². The molecule has 5 nitrogen and oxygen atoms in total. The standard InChI is InChI=1S/C14H15NO4/c1-4-5-11(14(17)18)15-13(16)10-7-6-9(2)12(8-10)19-3/h1,6-8,11H,5H2,2-3H3,(H,15,16)(H,17,18). The molecule has 0 saturated carbocycles. The van der Waals surface area contributed by atoms with E-state index in [1.165, 1.54) is 7.11 Å². The average Bonchev–Trinajstić information content (AvgIpc) is 2.38. The van der Waals surface area contributed by atoms with E-state index in [-0.39, 0.29) is 6.42 Å². The van der Waals surface area contributed by atoms with E-state index < -0.39 is 17.9 Å². The normalized spacial score (nSPS) is 11.2. The number of aliphatic carboxylic acids is 1. The second kappa shape index (κ2) is 6.45. The Morgan fingerprint density at radius 3 is 2.74 bits per heavy atom. The van der Waals surface area contributed by atoms with E-state index in [9.17, 15) is 9.59 Å². The number of carboxylic acids is 1. The van der Waals surface area contributed by atoms with Gasteiger partial charge in [0.2, 0.25) is 0 Å². The Balaban J connectivity index is 2.89. The highest BCUT2D eigenvalue weighted by Gasteiger charge is 2.19. The van der Waals surface area contributed by atoms with E-state index in [0.717, 1.165) is 5.56 Å². The summed E-state index contributed by atoms with van der Waals surface area (Å²) in [6, 6.07) is 3.79. The molecule has 0 spiro atoms. The van der Waals surface area contributed by atoms with Crippen molar-refractivity contribution in [2.24, 2.45) is 0 Å². The van der Waals surface area contributed by atoms with E-state index in [0.29, 0.717) is 11.3 Å². The van der Waals surface area contributed by atoms with Gasteiger partial charge in [0, 0.05) is 12.0 Å². The second-order valence-corrected chi connectivity index (χ2v) is 3.96. The summed E-state index contributed by atoms with van der Waals surface area (Å²) < 4.78 is 5.11. The van der Waals surface area contributed by atoms with Gasteiger partial charge in [-0.1, -0.05) is 6.07 Å². The maximum atomic E-state index is 11.9. The minimum atomic E-state index is -1.16. The molecule has 0 heterocycles. The van der Waals surface area contributed by atoms with Gasteiger partial charge in [-0.3, -0.25) is 4.79 Å². The van der Waals surface area contributed by atoms with E-state index in [1.54, 1.807) is 18.2 Å². The Morgan fingerprint density at radius 2 is 2.21 bits per heavy atom. The van der Waals surface area contributed by atoms with Gasteiger partial charge in [-0.15, -0.1) is 12.3 Å². The molecule has 100 valence electrons. The summed E-state index contributed by atoms with van der Waals surface area (Å²) in [6.45, 7) is 1.85. The van der Waals surface area contributed by atoms with Gasteiger partial charge in [0.25, 0.3) is 5.91 Å². The molecule has 0 aliphatic carbocycles. The predicted molar refractivity (Wildman–Crippen MR) is 70.1 cm³/mol. The Kier molecular flexibility index (Phi) is 4.95. The zero-order valence-electron chi connectivity index (χ0n) is 10.8. The molecule has 1 atom stereocenters. The zero-order valence-corrected chi connectivity index (χ0v) is 10.8. The first-order chi connectivity index (χ1) is 8.99. The summed E-state index contributed by atoms with van der Waals surface area (Å²) in [5.41, 5.74) is 1.21. The predicted octanol–water partition coefficient (Wildman–Crippen LogP) is 1.21. The van der Waals surface area contributed by atoms with Gasteiger partial charge in [0.05, 0.1) is 7.11 Å². The molecule has 0 saturated heterocycles. The molecular weight excluding hydrogens is 246 g/mol. The lowest BCUT2D eigenvalue weighted by molar-refractivity contribution is -0.139. The van der Waals surface area contributed by atoms with Crippen molar-refractivity contribution in [3.8, 4) is 18.1 Å². The first-order valence-corrected chi connectivity index (χ1v) is 5.61. The molecule has 0 bridgehead atoms. The van der Waals surface area contributed by atoms with Gasteiger partial charge < -0.3 is 15.2 Å². The van der Waals surface area contributed by atoms with Crippen LogP contribution in [0.2, 0.25) is 0 Å². The number of terminal acetylenes is 1. The number of carbonyl (C=O) groups excluding carboxylic acids is 1. The summed E-state index contributed by atoms with van der Waals surface area (Å²) >= 11 is 0. The van der Waals surface area contributed by atoms with E-state index >= 15 is 0 Å². The maximum Gasteiger partial charge on any atom is 0.327 e. The van der Waals surface area contributed by atoms with Crippen molar-refractivity contribution < 1.29 is 19.4 Å². The number of methoxy groups -OCH3 is 1. The fraction of sp³-hybridized carbons (Fsp3) is 0.286. The quantitative estimate of drug-likeness (QED) is 0.781. The Hall–Kier alpha value is -2.48. The lowest BCUT2D eigenvalue weighted by Gasteiger charge is -2.13. The minimum Gasteiger partial charge on any atom is -0.496 e. The van der Waals surface area contributed by atoms with Gasteiger partial charge in [0.1, 0.15) is 11.8 Å². The molecule has 0 aliphatic heterocycles. The first-order valence-electron chi connectivity index (χ1n) is 5.61. The number of ether oxygens (including phenoxy) is 1. The molecule has 19 heavy (non-hydrogen) atoms. The smallest absolute Gasteiger partial charge is 0.327 e.